The zero-order valence-electron chi connectivity index (χ0n) is 15.0. The van der Waals surface area contributed by atoms with Crippen molar-refractivity contribution in [2.45, 2.75) is 26.3 Å². The molecule has 1 aromatic heterocycles. The highest BCUT2D eigenvalue weighted by molar-refractivity contribution is 7.89. The van der Waals surface area contributed by atoms with E-state index in [4.69, 9.17) is 13.9 Å². The summed E-state index contributed by atoms with van der Waals surface area (Å²) in [5, 5.41) is 0. The lowest BCUT2D eigenvalue weighted by atomic mass is 9.98. The summed E-state index contributed by atoms with van der Waals surface area (Å²) >= 11 is 0. The van der Waals surface area contributed by atoms with Crippen molar-refractivity contribution >= 4 is 10.0 Å². The molecule has 1 aliphatic rings. The van der Waals surface area contributed by atoms with Crippen LogP contribution in [0.25, 0.3) is 11.5 Å². The molecular weight excluding hydrogens is 356 g/mol. The molecule has 7 nitrogen and oxygen atoms in total. The van der Waals surface area contributed by atoms with Gasteiger partial charge in [-0.25, -0.2) is 18.1 Å². The maximum atomic E-state index is 11.9. The van der Waals surface area contributed by atoms with Crippen molar-refractivity contribution in [3.05, 3.63) is 36.2 Å². The van der Waals surface area contributed by atoms with Gasteiger partial charge in [-0.15, -0.1) is 0 Å². The Morgan fingerprint density at radius 2 is 2.08 bits per heavy atom. The molecular formula is C18H24N2O5S. The summed E-state index contributed by atoms with van der Waals surface area (Å²) in [6.45, 7) is 4.89. The van der Waals surface area contributed by atoms with Gasteiger partial charge in [0.25, 0.3) is 0 Å². The Morgan fingerprint density at radius 1 is 1.31 bits per heavy atom. The molecule has 0 saturated carbocycles. The maximum Gasteiger partial charge on any atom is 0.226 e. The van der Waals surface area contributed by atoms with Crippen LogP contribution < -0.4 is 9.46 Å². The summed E-state index contributed by atoms with van der Waals surface area (Å²) in [5.41, 5.74) is 0.875. The molecule has 3 rings (SSSR count). The van der Waals surface area contributed by atoms with E-state index in [1.165, 1.54) is 0 Å². The van der Waals surface area contributed by atoms with Crippen molar-refractivity contribution in [2.75, 3.05) is 25.6 Å². The predicted molar refractivity (Wildman–Crippen MR) is 97.5 cm³/mol. The average molecular weight is 380 g/mol. The zero-order chi connectivity index (χ0) is 18.6. The summed E-state index contributed by atoms with van der Waals surface area (Å²) < 4.78 is 43.3. The first-order chi connectivity index (χ1) is 12.5. The molecule has 8 heteroatoms. The molecule has 0 spiro atoms. The molecule has 0 radical (unpaired) electrons. The summed E-state index contributed by atoms with van der Waals surface area (Å²) in [7, 11) is -3.25. The molecule has 2 unspecified atom stereocenters. The van der Waals surface area contributed by atoms with E-state index < -0.39 is 10.0 Å². The number of oxazole rings is 1. The van der Waals surface area contributed by atoms with E-state index in [1.54, 1.807) is 13.1 Å². The minimum Gasteiger partial charge on any atom is -0.493 e. The van der Waals surface area contributed by atoms with Crippen LogP contribution >= 0.6 is 0 Å². The van der Waals surface area contributed by atoms with Crippen molar-refractivity contribution in [3.63, 3.8) is 0 Å². The highest BCUT2D eigenvalue weighted by Gasteiger charge is 2.29. The van der Waals surface area contributed by atoms with Gasteiger partial charge in [-0.3, -0.25) is 0 Å². The van der Waals surface area contributed by atoms with Crippen LogP contribution in [0.3, 0.4) is 0 Å². The van der Waals surface area contributed by atoms with Crippen LogP contribution in [0.2, 0.25) is 0 Å². The van der Waals surface area contributed by atoms with E-state index in [0.29, 0.717) is 37.9 Å². The number of nitrogens with zero attached hydrogens (tertiary/aromatic N) is 1. The molecule has 2 atom stereocenters. The van der Waals surface area contributed by atoms with Crippen molar-refractivity contribution < 1.29 is 22.3 Å². The number of sulfonamides is 1. The topological polar surface area (TPSA) is 90.7 Å². The lowest BCUT2D eigenvalue weighted by Gasteiger charge is -2.31. The van der Waals surface area contributed by atoms with Crippen LogP contribution in [0.15, 0.2) is 34.9 Å². The third-order valence-electron chi connectivity index (χ3n) is 4.37. The Morgan fingerprint density at radius 3 is 2.73 bits per heavy atom. The molecule has 1 N–H and O–H groups in total. The minimum atomic E-state index is -3.25. The fourth-order valence-electron chi connectivity index (χ4n) is 2.82. The van der Waals surface area contributed by atoms with Crippen LogP contribution in [-0.2, 0) is 14.8 Å². The molecule has 0 bridgehead atoms. The van der Waals surface area contributed by atoms with Gasteiger partial charge in [-0.2, -0.15) is 0 Å². The summed E-state index contributed by atoms with van der Waals surface area (Å²) in [4.78, 5) is 4.20. The fourth-order valence-corrected chi connectivity index (χ4v) is 3.75. The third-order valence-corrected chi connectivity index (χ3v) is 5.79. The second-order valence-electron chi connectivity index (χ2n) is 6.36. The molecule has 1 fully saturated rings. The molecule has 142 valence electrons. The second kappa shape index (κ2) is 8.20. The standard InChI is InChI=1S/C18H24N2O5S/c1-3-26(21,22)20-17-8-9-23-11-15(17)12-24-16-6-4-14(5-7-16)18-19-10-13(2)25-18/h4-7,10,15,17,20H,3,8-9,11-12H2,1-2H3. The lowest BCUT2D eigenvalue weighted by Crippen LogP contribution is -2.47. The van der Waals surface area contributed by atoms with Gasteiger partial charge in [0, 0.05) is 24.1 Å². The monoisotopic (exact) mass is 380 g/mol. The van der Waals surface area contributed by atoms with E-state index in [2.05, 4.69) is 9.71 Å². The summed E-state index contributed by atoms with van der Waals surface area (Å²) in [5.74, 6) is 2.08. The van der Waals surface area contributed by atoms with Crippen molar-refractivity contribution in [2.24, 2.45) is 5.92 Å². The normalized spacial score (nSPS) is 20.8. The number of hydrogen-bond donors (Lipinski definition) is 1. The highest BCUT2D eigenvalue weighted by atomic mass is 32.2. The Hall–Kier alpha value is -1.90. The molecule has 1 aliphatic heterocycles. The Bertz CT molecular complexity index is 816. The van der Waals surface area contributed by atoms with Crippen LogP contribution in [0.4, 0.5) is 0 Å². The van der Waals surface area contributed by atoms with Gasteiger partial charge in [0.15, 0.2) is 0 Å². The molecule has 0 aliphatic carbocycles. The number of hydrogen-bond acceptors (Lipinski definition) is 6. The maximum absolute atomic E-state index is 11.9. The van der Waals surface area contributed by atoms with Crippen LogP contribution in [0.5, 0.6) is 5.75 Å². The van der Waals surface area contributed by atoms with Crippen LogP contribution in [0.1, 0.15) is 19.1 Å². The quantitative estimate of drug-likeness (QED) is 0.793. The van der Waals surface area contributed by atoms with Crippen LogP contribution in [0, 0.1) is 12.8 Å². The number of aromatic nitrogens is 1. The van der Waals surface area contributed by atoms with Crippen molar-refractivity contribution in [1.29, 1.82) is 0 Å². The molecule has 2 heterocycles. The molecule has 26 heavy (non-hydrogen) atoms. The molecule has 2 aromatic rings. The number of benzene rings is 1. The Labute approximate surface area is 153 Å². The Kier molecular flexibility index (Phi) is 5.95. The van der Waals surface area contributed by atoms with E-state index in [0.717, 1.165) is 11.3 Å². The minimum absolute atomic E-state index is 0.0286. The summed E-state index contributed by atoms with van der Waals surface area (Å²) in [6, 6.07) is 7.31. The number of ether oxygens (including phenoxy) is 2. The first-order valence-electron chi connectivity index (χ1n) is 8.70. The Balaban J connectivity index is 1.60. The SMILES string of the molecule is CCS(=O)(=O)NC1CCOCC1COc1ccc(-c2ncc(C)o2)cc1. The number of rotatable bonds is 7. The third kappa shape index (κ3) is 4.84. The smallest absolute Gasteiger partial charge is 0.226 e. The van der Waals surface area contributed by atoms with Gasteiger partial charge in [-0.1, -0.05) is 0 Å². The van der Waals surface area contributed by atoms with Crippen LogP contribution in [-0.4, -0.2) is 45.0 Å². The number of nitrogens with one attached hydrogen (secondary N) is 1. The fraction of sp³-hybridized carbons (Fsp3) is 0.500. The van der Waals surface area contributed by atoms with E-state index in [9.17, 15) is 8.42 Å². The van der Waals surface area contributed by atoms with Gasteiger partial charge in [-0.05, 0) is 44.5 Å². The van der Waals surface area contributed by atoms with Gasteiger partial charge in [0.2, 0.25) is 15.9 Å². The first-order valence-corrected chi connectivity index (χ1v) is 10.4. The zero-order valence-corrected chi connectivity index (χ0v) is 15.8. The molecule has 1 aromatic carbocycles. The highest BCUT2D eigenvalue weighted by Crippen LogP contribution is 2.23. The summed E-state index contributed by atoms with van der Waals surface area (Å²) in [6.07, 6.45) is 2.33. The lowest BCUT2D eigenvalue weighted by molar-refractivity contribution is 0.0186. The van der Waals surface area contributed by atoms with Crippen molar-refractivity contribution in [3.8, 4) is 17.2 Å². The van der Waals surface area contributed by atoms with E-state index in [1.807, 2.05) is 31.2 Å². The molecule has 0 amide bonds. The van der Waals surface area contributed by atoms with Gasteiger partial charge in [0.05, 0.1) is 25.2 Å². The number of aryl methyl sites for hydroxylation is 1. The van der Waals surface area contributed by atoms with Gasteiger partial charge in [0.1, 0.15) is 11.5 Å². The largest absolute Gasteiger partial charge is 0.493 e. The predicted octanol–water partition coefficient (Wildman–Crippen LogP) is 2.37. The van der Waals surface area contributed by atoms with E-state index in [-0.39, 0.29) is 17.7 Å². The first kappa shape index (κ1) is 18.9. The van der Waals surface area contributed by atoms with Gasteiger partial charge >= 0.3 is 0 Å². The molecule has 1 saturated heterocycles. The van der Waals surface area contributed by atoms with Crippen molar-refractivity contribution in [1.82, 2.24) is 9.71 Å². The van der Waals surface area contributed by atoms with E-state index >= 15 is 0 Å². The average Bonchev–Trinajstić information content (AvgIpc) is 3.07. The van der Waals surface area contributed by atoms with Gasteiger partial charge < -0.3 is 13.9 Å². The second-order valence-corrected chi connectivity index (χ2v) is 8.41.